The van der Waals surface area contributed by atoms with E-state index in [0.717, 1.165) is 4.90 Å². The van der Waals surface area contributed by atoms with Crippen LogP contribution in [-0.4, -0.2) is 58.1 Å². The van der Waals surface area contributed by atoms with Gasteiger partial charge in [-0.2, -0.15) is 0 Å². The third-order valence-electron chi connectivity index (χ3n) is 3.03. The minimum absolute atomic E-state index is 0.00674. The maximum Gasteiger partial charge on any atom is 0.326 e. The van der Waals surface area contributed by atoms with Crippen molar-refractivity contribution in [1.29, 1.82) is 0 Å². The van der Waals surface area contributed by atoms with E-state index < -0.39 is 29.9 Å². The number of aliphatic hydroxyl groups is 1. The second kappa shape index (κ2) is 5.74. The molecule has 3 N–H and O–H groups in total. The molecule has 2 atom stereocenters. The van der Waals surface area contributed by atoms with Crippen LogP contribution < -0.4 is 5.32 Å². The summed E-state index contributed by atoms with van der Waals surface area (Å²) < 4.78 is 4.86. The zero-order valence-electron chi connectivity index (χ0n) is 10.5. The maximum atomic E-state index is 11.9. The van der Waals surface area contributed by atoms with Crippen molar-refractivity contribution in [2.45, 2.75) is 18.6 Å². The molecule has 1 fully saturated rings. The lowest BCUT2D eigenvalue weighted by Crippen LogP contribution is -2.45. The van der Waals surface area contributed by atoms with Gasteiger partial charge in [0.2, 0.25) is 5.91 Å². The predicted octanol–water partition coefficient (Wildman–Crippen LogP) is -0.944. The van der Waals surface area contributed by atoms with Gasteiger partial charge in [0.15, 0.2) is 5.76 Å². The lowest BCUT2D eigenvalue weighted by molar-refractivity contribution is -0.147. The first-order valence-electron chi connectivity index (χ1n) is 6.01. The van der Waals surface area contributed by atoms with Crippen molar-refractivity contribution >= 4 is 17.8 Å². The van der Waals surface area contributed by atoms with Gasteiger partial charge in [0.1, 0.15) is 6.04 Å². The summed E-state index contributed by atoms with van der Waals surface area (Å²) in [7, 11) is 0. The number of likely N-dealkylation sites (tertiary alicyclic amines) is 1. The van der Waals surface area contributed by atoms with Gasteiger partial charge in [-0.1, -0.05) is 0 Å². The molecular weight excluding hydrogens is 268 g/mol. The van der Waals surface area contributed by atoms with Crippen LogP contribution in [-0.2, 0) is 9.59 Å². The number of carbonyl (C=O) groups excluding carboxylic acids is 2. The topological polar surface area (TPSA) is 120 Å². The van der Waals surface area contributed by atoms with Gasteiger partial charge in [0.05, 0.1) is 18.9 Å². The Kier molecular flexibility index (Phi) is 4.04. The fourth-order valence-electron chi connectivity index (χ4n) is 2.08. The van der Waals surface area contributed by atoms with Crippen molar-refractivity contribution < 1.29 is 29.0 Å². The van der Waals surface area contributed by atoms with Crippen LogP contribution in [0.3, 0.4) is 0 Å². The van der Waals surface area contributed by atoms with E-state index >= 15 is 0 Å². The van der Waals surface area contributed by atoms with E-state index in [1.165, 1.54) is 18.4 Å². The van der Waals surface area contributed by atoms with E-state index in [9.17, 15) is 19.5 Å². The van der Waals surface area contributed by atoms with E-state index in [1.807, 2.05) is 0 Å². The van der Waals surface area contributed by atoms with Crippen molar-refractivity contribution in [3.8, 4) is 0 Å². The number of aliphatic carboxylic acids is 1. The summed E-state index contributed by atoms with van der Waals surface area (Å²) in [6.45, 7) is -0.400. The van der Waals surface area contributed by atoms with Crippen LogP contribution in [0.2, 0.25) is 0 Å². The predicted molar refractivity (Wildman–Crippen MR) is 64.8 cm³/mol. The van der Waals surface area contributed by atoms with Crippen LogP contribution in [0.25, 0.3) is 0 Å². The third-order valence-corrected chi connectivity index (χ3v) is 3.03. The Hall–Kier alpha value is -2.35. The number of furan rings is 1. The Morgan fingerprint density at radius 3 is 2.80 bits per heavy atom. The van der Waals surface area contributed by atoms with Gasteiger partial charge in [-0.3, -0.25) is 9.59 Å². The third kappa shape index (κ3) is 2.97. The molecule has 0 unspecified atom stereocenters. The Bertz CT molecular complexity index is 512. The molecule has 0 spiro atoms. The lowest BCUT2D eigenvalue weighted by Gasteiger charge is -2.21. The number of carboxylic acid groups (broad SMARTS) is 1. The standard InChI is InChI=1S/C12H14N2O6/c15-7-4-8(12(18)19)14(6-7)10(16)5-13-11(17)9-2-1-3-20-9/h1-3,7-8,15H,4-6H2,(H,13,17)(H,18,19)/t7-,8+/m1/s1. The van der Waals surface area contributed by atoms with Gasteiger partial charge in [-0.25, -0.2) is 4.79 Å². The highest BCUT2D eigenvalue weighted by Crippen LogP contribution is 2.18. The summed E-state index contributed by atoms with van der Waals surface area (Å²) in [5.41, 5.74) is 0. The monoisotopic (exact) mass is 282 g/mol. The maximum absolute atomic E-state index is 11.9. The number of hydrogen-bond donors (Lipinski definition) is 3. The molecule has 8 nitrogen and oxygen atoms in total. The molecule has 8 heteroatoms. The highest BCUT2D eigenvalue weighted by atomic mass is 16.4. The Balaban J connectivity index is 1.91. The fourth-order valence-corrected chi connectivity index (χ4v) is 2.08. The number of hydrogen-bond acceptors (Lipinski definition) is 5. The van der Waals surface area contributed by atoms with Gasteiger partial charge in [0.25, 0.3) is 5.91 Å². The Labute approximate surface area is 114 Å². The quantitative estimate of drug-likeness (QED) is 0.655. The van der Waals surface area contributed by atoms with Crippen LogP contribution in [0.4, 0.5) is 0 Å². The number of carbonyl (C=O) groups is 3. The minimum Gasteiger partial charge on any atom is -0.480 e. The Morgan fingerprint density at radius 2 is 2.20 bits per heavy atom. The first-order valence-corrected chi connectivity index (χ1v) is 6.01. The number of carboxylic acids is 1. The molecule has 0 aliphatic carbocycles. The van der Waals surface area contributed by atoms with Crippen LogP contribution in [0, 0.1) is 0 Å². The number of aliphatic hydroxyl groups excluding tert-OH is 1. The fraction of sp³-hybridized carbons (Fsp3) is 0.417. The smallest absolute Gasteiger partial charge is 0.326 e. The highest BCUT2D eigenvalue weighted by Gasteiger charge is 2.38. The molecule has 0 bridgehead atoms. The van der Waals surface area contributed by atoms with Crippen molar-refractivity contribution in [2.75, 3.05) is 13.1 Å². The van der Waals surface area contributed by atoms with Crippen LogP contribution >= 0.6 is 0 Å². The van der Waals surface area contributed by atoms with Crippen LogP contribution in [0.15, 0.2) is 22.8 Å². The van der Waals surface area contributed by atoms with Gasteiger partial charge >= 0.3 is 5.97 Å². The largest absolute Gasteiger partial charge is 0.480 e. The zero-order valence-corrected chi connectivity index (χ0v) is 10.5. The van der Waals surface area contributed by atoms with E-state index in [1.54, 1.807) is 0 Å². The molecule has 0 saturated carbocycles. The second-order valence-corrected chi connectivity index (χ2v) is 4.45. The second-order valence-electron chi connectivity index (χ2n) is 4.45. The molecule has 2 rings (SSSR count). The van der Waals surface area contributed by atoms with Gasteiger partial charge in [-0.05, 0) is 12.1 Å². The molecule has 1 aliphatic heterocycles. The summed E-state index contributed by atoms with van der Waals surface area (Å²) in [4.78, 5) is 35.5. The minimum atomic E-state index is -1.17. The zero-order chi connectivity index (χ0) is 14.7. The highest BCUT2D eigenvalue weighted by molar-refractivity contribution is 5.94. The molecule has 0 aromatic carbocycles. The van der Waals surface area contributed by atoms with E-state index in [-0.39, 0.29) is 25.3 Å². The van der Waals surface area contributed by atoms with Crippen LogP contribution in [0.1, 0.15) is 17.0 Å². The van der Waals surface area contributed by atoms with E-state index in [0.29, 0.717) is 0 Å². The number of nitrogens with zero attached hydrogens (tertiary/aromatic N) is 1. The molecule has 1 saturated heterocycles. The Morgan fingerprint density at radius 1 is 1.45 bits per heavy atom. The molecule has 0 radical (unpaired) electrons. The van der Waals surface area contributed by atoms with Crippen molar-refractivity contribution in [3.05, 3.63) is 24.2 Å². The van der Waals surface area contributed by atoms with Gasteiger partial charge in [0, 0.05) is 13.0 Å². The lowest BCUT2D eigenvalue weighted by atomic mass is 10.2. The van der Waals surface area contributed by atoms with E-state index in [4.69, 9.17) is 9.52 Å². The van der Waals surface area contributed by atoms with E-state index in [2.05, 4.69) is 5.32 Å². The molecule has 2 amide bonds. The summed E-state index contributed by atoms with van der Waals surface area (Å²) in [5, 5.41) is 20.7. The summed E-state index contributed by atoms with van der Waals surface area (Å²) >= 11 is 0. The SMILES string of the molecule is O=C(NCC(=O)N1C[C@H](O)C[C@H]1C(=O)O)c1ccco1. The first-order chi connectivity index (χ1) is 9.49. The van der Waals surface area contributed by atoms with Gasteiger partial charge in [-0.15, -0.1) is 0 Å². The first kappa shape index (κ1) is 14.1. The van der Waals surface area contributed by atoms with Crippen molar-refractivity contribution in [1.82, 2.24) is 10.2 Å². The molecule has 1 aromatic heterocycles. The average Bonchev–Trinajstić information content (AvgIpc) is 3.04. The number of β-amino-alcohol motifs (C(OH)–C–C–N with tert-alkyl or cyclic N) is 1. The average molecular weight is 282 g/mol. The summed E-state index contributed by atoms with van der Waals surface area (Å²) in [5.74, 6) is -2.23. The molecule has 1 aromatic rings. The number of nitrogens with one attached hydrogen (secondary N) is 1. The normalized spacial score (nSPS) is 21.8. The van der Waals surface area contributed by atoms with Gasteiger partial charge < -0.3 is 24.8 Å². The van der Waals surface area contributed by atoms with Crippen molar-refractivity contribution in [3.63, 3.8) is 0 Å². The molecule has 108 valence electrons. The summed E-state index contributed by atoms with van der Waals surface area (Å²) in [6.07, 6.45) is 0.460. The van der Waals surface area contributed by atoms with Crippen LogP contribution in [0.5, 0.6) is 0 Å². The molecule has 2 heterocycles. The number of rotatable bonds is 4. The summed E-state index contributed by atoms with van der Waals surface area (Å²) in [6, 6.07) is 1.92. The molecular formula is C12H14N2O6. The number of amides is 2. The molecule has 1 aliphatic rings. The molecule has 20 heavy (non-hydrogen) atoms. The van der Waals surface area contributed by atoms with Crippen molar-refractivity contribution in [2.24, 2.45) is 0 Å².